The summed E-state index contributed by atoms with van der Waals surface area (Å²) in [6.45, 7) is 0. The van der Waals surface area contributed by atoms with Gasteiger partial charge >= 0.3 is 0 Å². The Balaban J connectivity index is 2.75. The molecular weight excluding hydrogens is 192 g/mol. The predicted molar refractivity (Wildman–Crippen MR) is 45.9 cm³/mol. The normalized spacial score (nSPS) is 17.4. The average Bonchev–Trinajstić information content (AvgIpc) is 2.14. The van der Waals surface area contributed by atoms with E-state index in [0.717, 1.165) is 12.2 Å². The molecule has 2 heteroatoms. The highest BCUT2D eigenvalue weighted by molar-refractivity contribution is 9.11. The first-order valence-corrected chi connectivity index (χ1v) is 3.89. The average molecular weight is 201 g/mol. The Bertz CT molecular complexity index is 201. The van der Waals surface area contributed by atoms with Crippen molar-refractivity contribution in [3.05, 3.63) is 34.5 Å². The molecule has 1 rings (SSSR count). The van der Waals surface area contributed by atoms with E-state index in [1.54, 1.807) is 7.11 Å². The molecule has 0 saturated heterocycles. The molecule has 0 atom stereocenters. The SMILES string of the molecule is COC1=CC=C(Br)CC=C1. The van der Waals surface area contributed by atoms with Crippen molar-refractivity contribution in [3.63, 3.8) is 0 Å². The Morgan fingerprint density at radius 2 is 2.30 bits per heavy atom. The molecule has 0 saturated carbocycles. The Morgan fingerprint density at radius 1 is 1.50 bits per heavy atom. The van der Waals surface area contributed by atoms with E-state index in [4.69, 9.17) is 4.74 Å². The van der Waals surface area contributed by atoms with Crippen LogP contribution in [0.3, 0.4) is 0 Å². The van der Waals surface area contributed by atoms with E-state index in [0.29, 0.717) is 0 Å². The third kappa shape index (κ3) is 2.03. The van der Waals surface area contributed by atoms with E-state index in [1.807, 2.05) is 18.2 Å². The van der Waals surface area contributed by atoms with Crippen LogP contribution >= 0.6 is 15.9 Å². The summed E-state index contributed by atoms with van der Waals surface area (Å²) in [6, 6.07) is 0. The van der Waals surface area contributed by atoms with Gasteiger partial charge < -0.3 is 4.74 Å². The minimum absolute atomic E-state index is 0.898. The molecule has 10 heavy (non-hydrogen) atoms. The fourth-order valence-corrected chi connectivity index (χ4v) is 1.04. The topological polar surface area (TPSA) is 9.23 Å². The summed E-state index contributed by atoms with van der Waals surface area (Å²) in [5.41, 5.74) is 0. The van der Waals surface area contributed by atoms with Gasteiger partial charge in [0.15, 0.2) is 0 Å². The smallest absolute Gasteiger partial charge is 0.118 e. The van der Waals surface area contributed by atoms with Crippen molar-refractivity contribution < 1.29 is 4.74 Å². The summed E-state index contributed by atoms with van der Waals surface area (Å²) in [5.74, 6) is 0.898. The number of rotatable bonds is 1. The number of methoxy groups -OCH3 is 1. The maximum atomic E-state index is 5.03. The van der Waals surface area contributed by atoms with Gasteiger partial charge in [0.1, 0.15) is 5.76 Å². The van der Waals surface area contributed by atoms with Gasteiger partial charge in [-0.2, -0.15) is 0 Å². The summed E-state index contributed by atoms with van der Waals surface area (Å²) in [4.78, 5) is 0. The summed E-state index contributed by atoms with van der Waals surface area (Å²) >= 11 is 3.40. The third-order valence-electron chi connectivity index (χ3n) is 1.26. The van der Waals surface area contributed by atoms with Crippen LogP contribution in [0.25, 0.3) is 0 Å². The van der Waals surface area contributed by atoms with Crippen LogP contribution in [0.15, 0.2) is 34.5 Å². The van der Waals surface area contributed by atoms with Gasteiger partial charge in [0.25, 0.3) is 0 Å². The van der Waals surface area contributed by atoms with Crippen LogP contribution in [-0.4, -0.2) is 7.11 Å². The molecule has 0 amide bonds. The van der Waals surface area contributed by atoms with Gasteiger partial charge in [-0.25, -0.2) is 0 Å². The molecule has 1 nitrogen and oxygen atoms in total. The van der Waals surface area contributed by atoms with Gasteiger partial charge in [-0.15, -0.1) is 0 Å². The summed E-state index contributed by atoms with van der Waals surface area (Å²) in [5, 5.41) is 0. The zero-order valence-electron chi connectivity index (χ0n) is 5.80. The number of allylic oxidation sites excluding steroid dienone is 5. The van der Waals surface area contributed by atoms with Crippen LogP contribution in [0.1, 0.15) is 6.42 Å². The van der Waals surface area contributed by atoms with Crippen LogP contribution in [0, 0.1) is 0 Å². The molecule has 0 heterocycles. The molecule has 0 unspecified atom stereocenters. The number of halogens is 1. The van der Waals surface area contributed by atoms with E-state index >= 15 is 0 Å². The van der Waals surface area contributed by atoms with Gasteiger partial charge in [0.05, 0.1) is 7.11 Å². The molecular formula is C8H9BrO. The van der Waals surface area contributed by atoms with Crippen molar-refractivity contribution in [2.75, 3.05) is 7.11 Å². The number of hydrogen-bond donors (Lipinski definition) is 0. The molecule has 54 valence electrons. The van der Waals surface area contributed by atoms with Gasteiger partial charge in [0.2, 0.25) is 0 Å². The Morgan fingerprint density at radius 3 is 3.00 bits per heavy atom. The Kier molecular flexibility index (Phi) is 2.75. The fourth-order valence-electron chi connectivity index (χ4n) is 0.720. The van der Waals surface area contributed by atoms with E-state index in [9.17, 15) is 0 Å². The standard InChI is InChI=1S/C8H9BrO/c1-10-8-4-2-3-7(9)5-6-8/h2,4-6H,3H2,1H3. The largest absolute Gasteiger partial charge is 0.497 e. The van der Waals surface area contributed by atoms with Gasteiger partial charge in [-0.3, -0.25) is 0 Å². The zero-order chi connectivity index (χ0) is 7.40. The first kappa shape index (κ1) is 7.61. The van der Waals surface area contributed by atoms with E-state index in [2.05, 4.69) is 22.0 Å². The molecule has 0 aliphatic heterocycles. The fraction of sp³-hybridized carbons (Fsp3) is 0.250. The molecule has 0 bridgehead atoms. The van der Waals surface area contributed by atoms with E-state index < -0.39 is 0 Å². The molecule has 0 fully saturated rings. The number of hydrogen-bond acceptors (Lipinski definition) is 1. The maximum absolute atomic E-state index is 5.03. The second kappa shape index (κ2) is 3.62. The lowest BCUT2D eigenvalue weighted by Gasteiger charge is -1.94. The highest BCUT2D eigenvalue weighted by Crippen LogP contribution is 2.15. The van der Waals surface area contributed by atoms with Gasteiger partial charge in [-0.05, 0) is 29.1 Å². The van der Waals surface area contributed by atoms with Crippen LogP contribution in [0.2, 0.25) is 0 Å². The van der Waals surface area contributed by atoms with E-state index in [1.165, 1.54) is 4.48 Å². The van der Waals surface area contributed by atoms with E-state index in [-0.39, 0.29) is 0 Å². The van der Waals surface area contributed by atoms with Crippen LogP contribution in [0.4, 0.5) is 0 Å². The summed E-state index contributed by atoms with van der Waals surface area (Å²) in [7, 11) is 1.67. The van der Waals surface area contributed by atoms with Gasteiger partial charge in [0, 0.05) is 0 Å². The molecule has 1 aliphatic rings. The molecule has 0 radical (unpaired) electrons. The van der Waals surface area contributed by atoms with Crippen molar-refractivity contribution in [2.45, 2.75) is 6.42 Å². The van der Waals surface area contributed by atoms with Crippen molar-refractivity contribution in [1.82, 2.24) is 0 Å². The second-order valence-corrected chi connectivity index (χ2v) is 3.01. The predicted octanol–water partition coefficient (Wildman–Crippen LogP) is 2.76. The Labute approximate surface area is 69.2 Å². The van der Waals surface area contributed by atoms with Crippen molar-refractivity contribution in [3.8, 4) is 0 Å². The molecule has 0 N–H and O–H groups in total. The lowest BCUT2D eigenvalue weighted by molar-refractivity contribution is 0.307. The molecule has 0 spiro atoms. The molecule has 0 aromatic rings. The highest BCUT2D eigenvalue weighted by atomic mass is 79.9. The lowest BCUT2D eigenvalue weighted by atomic mass is 10.4. The van der Waals surface area contributed by atoms with Crippen molar-refractivity contribution in [2.24, 2.45) is 0 Å². The highest BCUT2D eigenvalue weighted by Gasteiger charge is 1.93. The summed E-state index contributed by atoms with van der Waals surface area (Å²) in [6.07, 6.45) is 8.91. The molecule has 0 aromatic carbocycles. The zero-order valence-corrected chi connectivity index (χ0v) is 7.39. The van der Waals surface area contributed by atoms with Crippen molar-refractivity contribution >= 4 is 15.9 Å². The first-order valence-electron chi connectivity index (χ1n) is 3.10. The van der Waals surface area contributed by atoms with Crippen molar-refractivity contribution in [1.29, 1.82) is 0 Å². The lowest BCUT2D eigenvalue weighted by Crippen LogP contribution is -1.77. The van der Waals surface area contributed by atoms with Crippen LogP contribution in [-0.2, 0) is 4.74 Å². The summed E-state index contributed by atoms with van der Waals surface area (Å²) < 4.78 is 6.20. The maximum Gasteiger partial charge on any atom is 0.118 e. The minimum Gasteiger partial charge on any atom is -0.497 e. The van der Waals surface area contributed by atoms with Crippen LogP contribution in [0.5, 0.6) is 0 Å². The quantitative estimate of drug-likeness (QED) is 0.633. The van der Waals surface area contributed by atoms with Gasteiger partial charge in [-0.1, -0.05) is 22.0 Å². The third-order valence-corrected chi connectivity index (χ3v) is 1.85. The second-order valence-electron chi connectivity index (χ2n) is 1.99. The molecule has 1 aliphatic carbocycles. The Hall–Kier alpha value is -0.500. The monoisotopic (exact) mass is 200 g/mol. The minimum atomic E-state index is 0.898. The number of ether oxygens (including phenoxy) is 1. The van der Waals surface area contributed by atoms with Crippen LogP contribution < -0.4 is 0 Å². The molecule has 0 aromatic heterocycles. The first-order chi connectivity index (χ1) is 4.83.